The largest absolute Gasteiger partial charge is 0.471 e. The van der Waals surface area contributed by atoms with Gasteiger partial charge >= 0.3 is 6.09 Å². The number of amides is 2. The Labute approximate surface area is 127 Å². The van der Waals surface area contributed by atoms with E-state index in [1.54, 1.807) is 17.4 Å². The summed E-state index contributed by atoms with van der Waals surface area (Å²) in [7, 11) is 0. The maximum Gasteiger partial charge on any atom is 0.407 e. The molecule has 1 fully saturated rings. The van der Waals surface area contributed by atoms with Gasteiger partial charge in [0.1, 0.15) is 6.26 Å². The average Bonchev–Trinajstić information content (AvgIpc) is 2.97. The van der Waals surface area contributed by atoms with E-state index in [0.29, 0.717) is 13.1 Å². The van der Waals surface area contributed by atoms with E-state index in [1.165, 1.54) is 11.8 Å². The van der Waals surface area contributed by atoms with E-state index in [2.05, 4.69) is 0 Å². The van der Waals surface area contributed by atoms with Crippen LogP contribution in [0.15, 0.2) is 35.1 Å². The van der Waals surface area contributed by atoms with E-state index in [1.807, 2.05) is 18.2 Å². The zero-order valence-corrected chi connectivity index (χ0v) is 12.4. The van der Waals surface area contributed by atoms with Crippen LogP contribution in [-0.2, 0) is 4.79 Å². The van der Waals surface area contributed by atoms with E-state index in [-0.39, 0.29) is 11.9 Å². The first-order valence-electron chi connectivity index (χ1n) is 7.30. The standard InChI is InChI=1S/C16H18N2O4/c1-11(19)18(13-5-3-7-17(8-13)16(20)21)15-6-2-4-12-9-22-10-14(12)15/h2,4,6,9-10,13H,3,5,7-8H2,1H3,(H,20,21). The predicted molar refractivity (Wildman–Crippen MR) is 82.0 cm³/mol. The van der Waals surface area contributed by atoms with Gasteiger partial charge in [-0.05, 0) is 18.9 Å². The van der Waals surface area contributed by atoms with Gasteiger partial charge in [-0.15, -0.1) is 0 Å². The number of benzene rings is 1. The number of fused-ring (bicyclic) bond motifs is 1. The van der Waals surface area contributed by atoms with Crippen molar-refractivity contribution >= 4 is 28.5 Å². The fourth-order valence-corrected chi connectivity index (χ4v) is 3.15. The molecule has 0 saturated carbocycles. The molecule has 2 aromatic rings. The molecule has 116 valence electrons. The van der Waals surface area contributed by atoms with Crippen LogP contribution in [-0.4, -0.2) is 41.1 Å². The number of hydrogen-bond donors (Lipinski definition) is 1. The van der Waals surface area contributed by atoms with Crippen LogP contribution in [0.4, 0.5) is 10.5 Å². The summed E-state index contributed by atoms with van der Waals surface area (Å²) in [6.45, 7) is 2.37. The van der Waals surface area contributed by atoms with Gasteiger partial charge in [-0.3, -0.25) is 4.79 Å². The summed E-state index contributed by atoms with van der Waals surface area (Å²) in [6, 6.07) is 5.52. The summed E-state index contributed by atoms with van der Waals surface area (Å²) >= 11 is 0. The SMILES string of the molecule is CC(=O)N(c1cccc2cocc12)C1CCCN(C(=O)O)C1. The average molecular weight is 302 g/mol. The number of carbonyl (C=O) groups excluding carboxylic acids is 1. The molecule has 1 saturated heterocycles. The highest BCUT2D eigenvalue weighted by Gasteiger charge is 2.31. The summed E-state index contributed by atoms with van der Waals surface area (Å²) in [4.78, 5) is 26.5. The Hall–Kier alpha value is -2.50. The smallest absolute Gasteiger partial charge is 0.407 e. The summed E-state index contributed by atoms with van der Waals surface area (Å²) in [6.07, 6.45) is 3.87. The minimum atomic E-state index is -0.935. The second-order valence-corrected chi connectivity index (χ2v) is 5.57. The minimum absolute atomic E-state index is 0.0917. The number of likely N-dealkylation sites (tertiary alicyclic amines) is 1. The van der Waals surface area contributed by atoms with Crippen molar-refractivity contribution in [3.8, 4) is 0 Å². The Bertz CT molecular complexity index is 709. The lowest BCUT2D eigenvalue weighted by Gasteiger charge is -2.38. The van der Waals surface area contributed by atoms with E-state index >= 15 is 0 Å². The van der Waals surface area contributed by atoms with E-state index < -0.39 is 6.09 Å². The molecule has 0 spiro atoms. The molecule has 1 aliphatic heterocycles. The molecule has 6 nitrogen and oxygen atoms in total. The zero-order valence-electron chi connectivity index (χ0n) is 12.4. The Morgan fingerprint density at radius 2 is 2.18 bits per heavy atom. The molecule has 1 aromatic heterocycles. The van der Waals surface area contributed by atoms with Crippen molar-refractivity contribution in [2.45, 2.75) is 25.8 Å². The second-order valence-electron chi connectivity index (χ2n) is 5.57. The van der Waals surface area contributed by atoms with E-state index in [9.17, 15) is 14.7 Å². The first kappa shape index (κ1) is 14.4. The van der Waals surface area contributed by atoms with Crippen molar-refractivity contribution in [2.75, 3.05) is 18.0 Å². The van der Waals surface area contributed by atoms with Crippen molar-refractivity contribution in [2.24, 2.45) is 0 Å². The van der Waals surface area contributed by atoms with Crippen LogP contribution in [0.25, 0.3) is 10.8 Å². The number of rotatable bonds is 2. The molecule has 2 amide bonds. The van der Waals surface area contributed by atoms with Gasteiger partial charge in [-0.1, -0.05) is 12.1 Å². The Balaban J connectivity index is 1.98. The van der Waals surface area contributed by atoms with Crippen molar-refractivity contribution < 1.29 is 19.1 Å². The van der Waals surface area contributed by atoms with Crippen molar-refractivity contribution in [3.05, 3.63) is 30.7 Å². The minimum Gasteiger partial charge on any atom is -0.471 e. The summed E-state index contributed by atoms with van der Waals surface area (Å²) in [5.74, 6) is -0.0917. The molecule has 1 unspecified atom stereocenters. The van der Waals surface area contributed by atoms with Gasteiger partial charge in [-0.25, -0.2) is 4.79 Å². The van der Waals surface area contributed by atoms with Gasteiger partial charge < -0.3 is 19.3 Å². The zero-order chi connectivity index (χ0) is 15.7. The third-order valence-corrected chi connectivity index (χ3v) is 4.13. The van der Waals surface area contributed by atoms with Crippen LogP contribution < -0.4 is 4.90 Å². The lowest BCUT2D eigenvalue weighted by Crippen LogP contribution is -2.51. The molecule has 0 bridgehead atoms. The predicted octanol–water partition coefficient (Wildman–Crippen LogP) is 2.93. The molecule has 1 aromatic carbocycles. The number of piperidine rings is 1. The molecular weight excluding hydrogens is 284 g/mol. The van der Waals surface area contributed by atoms with Gasteiger partial charge in [0.05, 0.1) is 18.0 Å². The fourth-order valence-electron chi connectivity index (χ4n) is 3.15. The molecule has 3 rings (SSSR count). The van der Waals surface area contributed by atoms with Crippen molar-refractivity contribution in [3.63, 3.8) is 0 Å². The Morgan fingerprint density at radius 1 is 1.36 bits per heavy atom. The normalized spacial score (nSPS) is 18.4. The maximum absolute atomic E-state index is 12.2. The van der Waals surface area contributed by atoms with E-state index in [0.717, 1.165) is 29.3 Å². The third-order valence-electron chi connectivity index (χ3n) is 4.13. The van der Waals surface area contributed by atoms with Crippen LogP contribution in [0, 0.1) is 0 Å². The first-order valence-corrected chi connectivity index (χ1v) is 7.30. The van der Waals surface area contributed by atoms with Crippen LogP contribution >= 0.6 is 0 Å². The number of nitrogens with zero attached hydrogens (tertiary/aromatic N) is 2. The first-order chi connectivity index (χ1) is 10.6. The van der Waals surface area contributed by atoms with E-state index in [4.69, 9.17) is 4.42 Å². The summed E-state index contributed by atoms with van der Waals surface area (Å²) in [5.41, 5.74) is 0.774. The van der Waals surface area contributed by atoms with Gasteiger partial charge in [0.25, 0.3) is 0 Å². The maximum atomic E-state index is 12.2. The van der Waals surface area contributed by atoms with Crippen LogP contribution in [0.5, 0.6) is 0 Å². The third kappa shape index (κ3) is 2.52. The van der Waals surface area contributed by atoms with Gasteiger partial charge in [0.2, 0.25) is 5.91 Å². The lowest BCUT2D eigenvalue weighted by atomic mass is 10.0. The molecule has 0 aliphatic carbocycles. The molecule has 22 heavy (non-hydrogen) atoms. The fraction of sp³-hybridized carbons (Fsp3) is 0.375. The molecular formula is C16H18N2O4. The molecule has 2 heterocycles. The summed E-state index contributed by atoms with van der Waals surface area (Å²) in [5, 5.41) is 11.0. The van der Waals surface area contributed by atoms with Gasteiger partial charge in [0.15, 0.2) is 0 Å². The highest BCUT2D eigenvalue weighted by Crippen LogP contribution is 2.31. The van der Waals surface area contributed by atoms with Crippen LogP contribution in [0.1, 0.15) is 19.8 Å². The topological polar surface area (TPSA) is 74.0 Å². The highest BCUT2D eigenvalue weighted by molar-refractivity contribution is 6.03. The number of furan rings is 1. The Morgan fingerprint density at radius 3 is 2.91 bits per heavy atom. The molecule has 1 aliphatic rings. The van der Waals surface area contributed by atoms with Crippen molar-refractivity contribution in [1.29, 1.82) is 0 Å². The van der Waals surface area contributed by atoms with Crippen LogP contribution in [0.3, 0.4) is 0 Å². The number of carboxylic acid groups (broad SMARTS) is 1. The second kappa shape index (κ2) is 5.71. The lowest BCUT2D eigenvalue weighted by molar-refractivity contribution is -0.117. The van der Waals surface area contributed by atoms with Crippen LogP contribution in [0.2, 0.25) is 0 Å². The Kier molecular flexibility index (Phi) is 3.75. The number of carbonyl (C=O) groups is 2. The van der Waals surface area contributed by atoms with Gasteiger partial charge in [0, 0.05) is 30.8 Å². The quantitative estimate of drug-likeness (QED) is 0.925. The highest BCUT2D eigenvalue weighted by atomic mass is 16.4. The van der Waals surface area contributed by atoms with Crippen molar-refractivity contribution in [1.82, 2.24) is 4.90 Å². The number of anilines is 1. The monoisotopic (exact) mass is 302 g/mol. The molecule has 1 N–H and O–H groups in total. The molecule has 1 atom stereocenters. The summed E-state index contributed by atoms with van der Waals surface area (Å²) < 4.78 is 5.24. The molecule has 6 heteroatoms. The number of hydrogen-bond acceptors (Lipinski definition) is 3. The van der Waals surface area contributed by atoms with Gasteiger partial charge in [-0.2, -0.15) is 0 Å². The molecule has 0 radical (unpaired) electrons.